The molecule has 0 fully saturated rings. The summed E-state index contributed by atoms with van der Waals surface area (Å²) in [5.41, 5.74) is 3.33. The van der Waals surface area contributed by atoms with Crippen LogP contribution < -0.4 is 0 Å². The fourth-order valence-electron chi connectivity index (χ4n) is 1.87. The monoisotopic (exact) mass is 213 g/mol. The number of nitriles is 1. The minimum Gasteiger partial charge on any atom is -0.334 e. The Labute approximate surface area is 95.3 Å². The standard InChI is InChI=1S/C13H15N3/c1-3-10(8-14)6-11-4-5-13-12(7-11)15-9-16(13)2/h4-5,7,9-10H,3,6H2,1-2H3. The average Bonchev–Trinajstić information content (AvgIpc) is 2.68. The summed E-state index contributed by atoms with van der Waals surface area (Å²) in [7, 11) is 1.99. The van der Waals surface area contributed by atoms with Crippen molar-refractivity contribution in [3.05, 3.63) is 30.1 Å². The number of imidazole rings is 1. The van der Waals surface area contributed by atoms with Gasteiger partial charge in [0.15, 0.2) is 0 Å². The van der Waals surface area contributed by atoms with Gasteiger partial charge in [0.2, 0.25) is 0 Å². The first kappa shape index (κ1) is 10.7. The van der Waals surface area contributed by atoms with Gasteiger partial charge in [-0.25, -0.2) is 4.98 Å². The maximum Gasteiger partial charge on any atom is 0.0955 e. The molecule has 0 aliphatic heterocycles. The lowest BCUT2D eigenvalue weighted by atomic mass is 9.98. The third kappa shape index (κ3) is 1.92. The molecule has 0 aliphatic rings. The van der Waals surface area contributed by atoms with Crippen LogP contribution in [0.15, 0.2) is 24.5 Å². The van der Waals surface area contributed by atoms with Crippen LogP contribution in [0.2, 0.25) is 0 Å². The largest absolute Gasteiger partial charge is 0.334 e. The van der Waals surface area contributed by atoms with Crippen LogP contribution in [0.1, 0.15) is 18.9 Å². The van der Waals surface area contributed by atoms with Crippen molar-refractivity contribution >= 4 is 11.0 Å². The predicted molar refractivity (Wildman–Crippen MR) is 63.8 cm³/mol. The minimum absolute atomic E-state index is 0.112. The van der Waals surface area contributed by atoms with Gasteiger partial charge in [-0.2, -0.15) is 5.26 Å². The van der Waals surface area contributed by atoms with E-state index < -0.39 is 0 Å². The zero-order valence-electron chi connectivity index (χ0n) is 9.64. The summed E-state index contributed by atoms with van der Waals surface area (Å²) in [4.78, 5) is 4.32. The van der Waals surface area contributed by atoms with Crippen molar-refractivity contribution in [1.29, 1.82) is 5.26 Å². The van der Waals surface area contributed by atoms with Crippen LogP contribution >= 0.6 is 0 Å². The van der Waals surface area contributed by atoms with Crippen molar-refractivity contribution in [3.8, 4) is 6.07 Å². The topological polar surface area (TPSA) is 41.6 Å². The molecule has 0 bridgehead atoms. The highest BCUT2D eigenvalue weighted by Crippen LogP contribution is 2.17. The molecule has 16 heavy (non-hydrogen) atoms. The molecule has 0 spiro atoms. The van der Waals surface area contributed by atoms with Gasteiger partial charge < -0.3 is 4.57 Å². The van der Waals surface area contributed by atoms with Gasteiger partial charge in [0.05, 0.1) is 29.3 Å². The Morgan fingerprint density at radius 2 is 2.31 bits per heavy atom. The Morgan fingerprint density at radius 1 is 1.50 bits per heavy atom. The van der Waals surface area contributed by atoms with E-state index >= 15 is 0 Å². The normalized spacial score (nSPS) is 12.6. The molecule has 1 aromatic heterocycles. The minimum atomic E-state index is 0.112. The quantitative estimate of drug-likeness (QED) is 0.786. The van der Waals surface area contributed by atoms with Crippen molar-refractivity contribution in [3.63, 3.8) is 0 Å². The van der Waals surface area contributed by atoms with Crippen LogP contribution in [0.5, 0.6) is 0 Å². The smallest absolute Gasteiger partial charge is 0.0955 e. The van der Waals surface area contributed by atoms with Crippen molar-refractivity contribution in [2.45, 2.75) is 19.8 Å². The van der Waals surface area contributed by atoms with Crippen molar-refractivity contribution in [1.82, 2.24) is 9.55 Å². The van der Waals surface area contributed by atoms with Gasteiger partial charge in [0, 0.05) is 7.05 Å². The van der Waals surface area contributed by atoms with E-state index in [-0.39, 0.29) is 5.92 Å². The molecule has 3 nitrogen and oxygen atoms in total. The number of hydrogen-bond donors (Lipinski definition) is 0. The summed E-state index contributed by atoms with van der Waals surface area (Å²) in [6.45, 7) is 2.05. The number of fused-ring (bicyclic) bond motifs is 1. The highest BCUT2D eigenvalue weighted by Gasteiger charge is 2.07. The Kier molecular flexibility index (Phi) is 2.91. The van der Waals surface area contributed by atoms with E-state index in [1.165, 1.54) is 5.56 Å². The van der Waals surface area contributed by atoms with Crippen LogP contribution in [-0.4, -0.2) is 9.55 Å². The van der Waals surface area contributed by atoms with E-state index in [1.807, 2.05) is 24.9 Å². The Balaban J connectivity index is 2.30. The molecule has 3 heteroatoms. The molecule has 0 radical (unpaired) electrons. The second kappa shape index (κ2) is 4.36. The van der Waals surface area contributed by atoms with E-state index in [0.29, 0.717) is 0 Å². The lowest BCUT2D eigenvalue weighted by Gasteiger charge is -2.05. The molecule has 0 amide bonds. The first-order valence-corrected chi connectivity index (χ1v) is 5.54. The zero-order valence-corrected chi connectivity index (χ0v) is 9.64. The van der Waals surface area contributed by atoms with E-state index in [2.05, 4.69) is 29.3 Å². The Morgan fingerprint density at radius 3 is 3.00 bits per heavy atom. The van der Waals surface area contributed by atoms with Gasteiger partial charge in [-0.15, -0.1) is 0 Å². The molecule has 0 aliphatic carbocycles. The summed E-state index contributed by atoms with van der Waals surface area (Å²) in [5, 5.41) is 8.93. The fraction of sp³-hybridized carbons (Fsp3) is 0.385. The molecule has 1 heterocycles. The molecule has 0 N–H and O–H groups in total. The lowest BCUT2D eigenvalue weighted by molar-refractivity contribution is 0.638. The first-order chi connectivity index (χ1) is 7.74. The molecule has 1 aromatic carbocycles. The van der Waals surface area contributed by atoms with Crippen molar-refractivity contribution in [2.75, 3.05) is 0 Å². The molecule has 2 rings (SSSR count). The van der Waals surface area contributed by atoms with E-state index in [0.717, 1.165) is 23.9 Å². The van der Waals surface area contributed by atoms with E-state index in [1.54, 1.807) is 0 Å². The SMILES string of the molecule is CCC(C#N)Cc1ccc2c(c1)ncn2C. The highest BCUT2D eigenvalue weighted by molar-refractivity contribution is 5.75. The lowest BCUT2D eigenvalue weighted by Crippen LogP contribution is -1.99. The molecular formula is C13H15N3. The zero-order chi connectivity index (χ0) is 11.5. The summed E-state index contributed by atoms with van der Waals surface area (Å²) < 4.78 is 2.00. The van der Waals surface area contributed by atoms with E-state index in [4.69, 9.17) is 5.26 Å². The number of benzene rings is 1. The summed E-state index contributed by atoms with van der Waals surface area (Å²) in [5.74, 6) is 0.112. The maximum atomic E-state index is 8.93. The second-order valence-electron chi connectivity index (χ2n) is 4.12. The van der Waals surface area contributed by atoms with Crippen LogP contribution in [0.3, 0.4) is 0 Å². The number of nitrogens with zero attached hydrogens (tertiary/aromatic N) is 3. The Bertz CT molecular complexity index is 534. The van der Waals surface area contributed by atoms with Crippen LogP contribution in [0.25, 0.3) is 11.0 Å². The van der Waals surface area contributed by atoms with Crippen molar-refractivity contribution < 1.29 is 0 Å². The fourth-order valence-corrected chi connectivity index (χ4v) is 1.87. The molecular weight excluding hydrogens is 198 g/mol. The second-order valence-corrected chi connectivity index (χ2v) is 4.12. The molecule has 1 unspecified atom stereocenters. The molecule has 2 aromatic rings. The van der Waals surface area contributed by atoms with Gasteiger partial charge in [0.1, 0.15) is 0 Å². The predicted octanol–water partition coefficient (Wildman–Crippen LogP) is 2.67. The number of hydrogen-bond acceptors (Lipinski definition) is 2. The summed E-state index contributed by atoms with van der Waals surface area (Å²) in [6.07, 6.45) is 3.53. The van der Waals surface area contributed by atoms with Gasteiger partial charge in [-0.05, 0) is 30.5 Å². The van der Waals surface area contributed by atoms with Gasteiger partial charge >= 0.3 is 0 Å². The number of aryl methyl sites for hydroxylation is 1. The Hall–Kier alpha value is -1.82. The highest BCUT2D eigenvalue weighted by atomic mass is 15.0. The molecule has 0 saturated carbocycles. The first-order valence-electron chi connectivity index (χ1n) is 5.54. The van der Waals surface area contributed by atoms with Gasteiger partial charge in [-0.1, -0.05) is 13.0 Å². The average molecular weight is 213 g/mol. The van der Waals surface area contributed by atoms with Crippen LogP contribution in [0.4, 0.5) is 0 Å². The van der Waals surface area contributed by atoms with Crippen LogP contribution in [-0.2, 0) is 13.5 Å². The molecule has 82 valence electrons. The maximum absolute atomic E-state index is 8.93. The van der Waals surface area contributed by atoms with Crippen molar-refractivity contribution in [2.24, 2.45) is 13.0 Å². The third-order valence-electron chi connectivity index (χ3n) is 2.95. The van der Waals surface area contributed by atoms with Gasteiger partial charge in [0.25, 0.3) is 0 Å². The van der Waals surface area contributed by atoms with Crippen LogP contribution in [0, 0.1) is 17.2 Å². The number of rotatable bonds is 3. The summed E-state index contributed by atoms with van der Waals surface area (Å²) in [6, 6.07) is 8.57. The van der Waals surface area contributed by atoms with Gasteiger partial charge in [-0.3, -0.25) is 0 Å². The third-order valence-corrected chi connectivity index (χ3v) is 2.95. The summed E-state index contributed by atoms with van der Waals surface area (Å²) >= 11 is 0. The number of aromatic nitrogens is 2. The van der Waals surface area contributed by atoms with E-state index in [9.17, 15) is 0 Å². The molecule has 0 saturated heterocycles. The molecule has 1 atom stereocenters.